The van der Waals surface area contributed by atoms with Crippen molar-refractivity contribution in [2.24, 2.45) is 10.8 Å². The van der Waals surface area contributed by atoms with Crippen molar-refractivity contribution in [3.63, 3.8) is 0 Å². The molecule has 2 atom stereocenters. The van der Waals surface area contributed by atoms with E-state index >= 15 is 0 Å². The van der Waals surface area contributed by atoms with Gasteiger partial charge in [-0.1, -0.05) is 42.0 Å². The second kappa shape index (κ2) is 9.47. The van der Waals surface area contributed by atoms with Crippen LogP contribution >= 0.6 is 7.82 Å². The molecular weight excluding hydrogens is 345 g/mol. The van der Waals surface area contributed by atoms with Gasteiger partial charge in [-0.25, -0.2) is 4.57 Å². The molecule has 0 saturated heterocycles. The molecule has 0 saturated carbocycles. The van der Waals surface area contributed by atoms with Crippen LogP contribution in [0.5, 0.6) is 0 Å². The number of aliphatic hydroxyl groups is 1. The van der Waals surface area contributed by atoms with Crippen LogP contribution in [-0.4, -0.2) is 40.8 Å². The van der Waals surface area contributed by atoms with Crippen LogP contribution in [0.15, 0.2) is 0 Å². The molecule has 0 fully saturated rings. The Labute approximate surface area is 153 Å². The summed E-state index contributed by atoms with van der Waals surface area (Å²) in [6.45, 7) is 14.4. The Morgan fingerprint density at radius 3 is 2.00 bits per heavy atom. The first-order chi connectivity index (χ1) is 10.5. The average molecular weight is 383 g/mol. The number of carbonyl (C=O) groups excluding carboxylic acids is 1. The molecule has 0 aliphatic rings. The van der Waals surface area contributed by atoms with Crippen molar-refractivity contribution in [3.05, 3.63) is 0 Å². The summed E-state index contributed by atoms with van der Waals surface area (Å²) < 4.78 is 21.8. The number of hydrogen-bond acceptors (Lipinski definition) is 5. The molecule has 0 heterocycles. The van der Waals surface area contributed by atoms with Crippen molar-refractivity contribution >= 4 is 13.7 Å². The number of phosphoric acid groups is 1. The molecule has 0 aliphatic heterocycles. The SMILES string of the molecule is C.CC(C)(C)CCNC(=O)C(O)C(C)(C)COP(=O)(O)OC(C)(C)C. The van der Waals surface area contributed by atoms with Crippen molar-refractivity contribution in [1.82, 2.24) is 5.32 Å². The molecule has 7 nitrogen and oxygen atoms in total. The Bertz CT molecular complexity index is 465. The molecule has 0 aromatic rings. The second-order valence-corrected chi connectivity index (χ2v) is 10.3. The monoisotopic (exact) mass is 383 g/mol. The molecule has 152 valence electrons. The van der Waals surface area contributed by atoms with Crippen LogP contribution in [0.1, 0.15) is 69.2 Å². The van der Waals surface area contributed by atoms with E-state index in [-0.39, 0.29) is 19.4 Å². The third-order valence-electron chi connectivity index (χ3n) is 3.15. The minimum Gasteiger partial charge on any atom is -0.383 e. The van der Waals surface area contributed by atoms with Crippen molar-refractivity contribution in [3.8, 4) is 0 Å². The molecule has 0 spiro atoms. The normalized spacial score (nSPS) is 16.6. The minimum atomic E-state index is -4.27. The lowest BCUT2D eigenvalue weighted by Gasteiger charge is -2.31. The van der Waals surface area contributed by atoms with Crippen LogP contribution in [0.25, 0.3) is 0 Å². The predicted octanol–water partition coefficient (Wildman–Crippen LogP) is 3.49. The number of amides is 1. The van der Waals surface area contributed by atoms with Crippen LogP contribution in [0, 0.1) is 10.8 Å². The highest BCUT2D eigenvalue weighted by Gasteiger charge is 2.38. The summed E-state index contributed by atoms with van der Waals surface area (Å²) in [6.07, 6.45) is -0.597. The Hall–Kier alpha value is -0.460. The maximum absolute atomic E-state index is 12.0. The van der Waals surface area contributed by atoms with Gasteiger partial charge in [0.15, 0.2) is 0 Å². The smallest absolute Gasteiger partial charge is 0.383 e. The van der Waals surface area contributed by atoms with Gasteiger partial charge in [0.2, 0.25) is 5.91 Å². The second-order valence-electron chi connectivity index (χ2n) is 8.94. The van der Waals surface area contributed by atoms with E-state index < -0.39 is 30.8 Å². The van der Waals surface area contributed by atoms with Gasteiger partial charge in [0, 0.05) is 12.0 Å². The van der Waals surface area contributed by atoms with Gasteiger partial charge in [0.05, 0.1) is 12.2 Å². The van der Waals surface area contributed by atoms with Gasteiger partial charge in [0.1, 0.15) is 6.10 Å². The number of hydrogen-bond donors (Lipinski definition) is 3. The van der Waals surface area contributed by atoms with Crippen LogP contribution < -0.4 is 5.32 Å². The Morgan fingerprint density at radius 1 is 1.12 bits per heavy atom. The molecule has 0 radical (unpaired) electrons. The van der Waals surface area contributed by atoms with Gasteiger partial charge in [0.25, 0.3) is 0 Å². The Morgan fingerprint density at radius 2 is 1.60 bits per heavy atom. The summed E-state index contributed by atoms with van der Waals surface area (Å²) in [5.74, 6) is -0.530. The number of aliphatic hydroxyl groups excluding tert-OH is 1. The van der Waals surface area contributed by atoms with Crippen LogP contribution in [-0.2, 0) is 18.4 Å². The fourth-order valence-corrected chi connectivity index (χ4v) is 2.95. The number of carbonyl (C=O) groups is 1. The molecule has 0 aromatic carbocycles. The van der Waals surface area contributed by atoms with Crippen LogP contribution in [0.4, 0.5) is 0 Å². The molecule has 0 aromatic heterocycles. The first-order valence-corrected chi connectivity index (χ1v) is 9.59. The summed E-state index contributed by atoms with van der Waals surface area (Å²) in [5.41, 5.74) is -1.83. The van der Waals surface area contributed by atoms with Crippen molar-refractivity contribution in [2.45, 2.75) is 80.9 Å². The summed E-state index contributed by atoms with van der Waals surface area (Å²) in [7, 11) is -4.27. The molecular formula is C17H38NO6P. The molecule has 25 heavy (non-hydrogen) atoms. The quantitative estimate of drug-likeness (QED) is 0.554. The zero-order valence-electron chi connectivity index (χ0n) is 16.2. The average Bonchev–Trinajstić information content (AvgIpc) is 2.31. The summed E-state index contributed by atoms with van der Waals surface area (Å²) in [5, 5.41) is 12.9. The molecule has 0 rings (SSSR count). The molecule has 3 N–H and O–H groups in total. The van der Waals surface area contributed by atoms with E-state index in [0.29, 0.717) is 6.54 Å². The highest BCUT2D eigenvalue weighted by atomic mass is 31.2. The first kappa shape index (κ1) is 26.8. The van der Waals surface area contributed by atoms with E-state index in [1.54, 1.807) is 34.6 Å². The van der Waals surface area contributed by atoms with Crippen molar-refractivity contribution < 1.29 is 28.4 Å². The van der Waals surface area contributed by atoms with Gasteiger partial charge < -0.3 is 15.3 Å². The Balaban J connectivity index is 0. The standard InChI is InChI=1S/C16H34NO6P.CH4/c1-14(2,3)9-10-17-13(19)12(18)16(7,8)11-22-24(20,21)23-15(4,5)6;/h12,18H,9-11H2,1-8H3,(H,17,19)(H,20,21);1H4. The minimum absolute atomic E-state index is 0. The van der Waals surface area contributed by atoms with Crippen molar-refractivity contribution in [2.75, 3.05) is 13.2 Å². The van der Waals surface area contributed by atoms with Gasteiger partial charge in [-0.05, 0) is 32.6 Å². The van der Waals surface area contributed by atoms with E-state index in [1.807, 2.05) is 0 Å². The number of nitrogens with one attached hydrogen (secondary N) is 1. The number of rotatable bonds is 8. The molecule has 0 bridgehead atoms. The largest absolute Gasteiger partial charge is 0.472 e. The highest BCUT2D eigenvalue weighted by Crippen LogP contribution is 2.48. The third kappa shape index (κ3) is 12.5. The first-order valence-electron chi connectivity index (χ1n) is 8.09. The fraction of sp³-hybridized carbons (Fsp3) is 0.941. The van der Waals surface area contributed by atoms with Gasteiger partial charge >= 0.3 is 7.82 Å². The zero-order chi connectivity index (χ0) is 19.4. The Kier molecular flexibility index (Phi) is 10.1. The van der Waals surface area contributed by atoms with Crippen molar-refractivity contribution in [1.29, 1.82) is 0 Å². The lowest BCUT2D eigenvalue weighted by molar-refractivity contribution is -0.137. The zero-order valence-corrected chi connectivity index (χ0v) is 17.1. The third-order valence-corrected chi connectivity index (χ3v) is 4.39. The lowest BCUT2D eigenvalue weighted by Crippen LogP contribution is -2.46. The summed E-state index contributed by atoms with van der Waals surface area (Å²) >= 11 is 0. The maximum Gasteiger partial charge on any atom is 0.472 e. The highest BCUT2D eigenvalue weighted by molar-refractivity contribution is 7.47. The topological polar surface area (TPSA) is 105 Å². The van der Waals surface area contributed by atoms with E-state index in [1.165, 1.54) is 0 Å². The molecule has 8 heteroatoms. The van der Waals surface area contributed by atoms with E-state index in [9.17, 15) is 19.4 Å². The van der Waals surface area contributed by atoms with Gasteiger partial charge in [-0.2, -0.15) is 0 Å². The summed E-state index contributed by atoms with van der Waals surface area (Å²) in [4.78, 5) is 21.7. The van der Waals surface area contributed by atoms with Crippen LogP contribution in [0.3, 0.4) is 0 Å². The molecule has 1 amide bonds. The van der Waals surface area contributed by atoms with E-state index in [2.05, 4.69) is 26.1 Å². The lowest BCUT2D eigenvalue weighted by atomic mass is 9.87. The van der Waals surface area contributed by atoms with E-state index in [0.717, 1.165) is 6.42 Å². The van der Waals surface area contributed by atoms with Gasteiger partial charge in [-0.3, -0.25) is 13.8 Å². The van der Waals surface area contributed by atoms with Gasteiger partial charge in [-0.15, -0.1) is 0 Å². The fourth-order valence-electron chi connectivity index (χ4n) is 1.71. The van der Waals surface area contributed by atoms with E-state index in [4.69, 9.17) is 9.05 Å². The molecule has 0 aliphatic carbocycles. The predicted molar refractivity (Wildman–Crippen MR) is 100 cm³/mol. The molecule has 2 unspecified atom stereocenters. The number of phosphoric ester groups is 1. The van der Waals surface area contributed by atoms with Crippen LogP contribution in [0.2, 0.25) is 0 Å². The maximum atomic E-state index is 12.0. The summed E-state index contributed by atoms with van der Waals surface area (Å²) in [6, 6.07) is 0.